The summed E-state index contributed by atoms with van der Waals surface area (Å²) in [5.41, 5.74) is 1.16. The Morgan fingerprint density at radius 3 is 2.40 bits per heavy atom. The van der Waals surface area contributed by atoms with Crippen molar-refractivity contribution in [1.82, 2.24) is 15.0 Å². The van der Waals surface area contributed by atoms with E-state index < -0.39 is 17.6 Å². The van der Waals surface area contributed by atoms with Gasteiger partial charge in [-0.15, -0.1) is 11.3 Å². The molecule has 0 bridgehead atoms. The number of nitrogens with zero attached hydrogens (tertiary/aromatic N) is 2. The van der Waals surface area contributed by atoms with Gasteiger partial charge in [0.2, 0.25) is 0 Å². The van der Waals surface area contributed by atoms with Crippen LogP contribution >= 0.6 is 11.3 Å². The van der Waals surface area contributed by atoms with Crippen molar-refractivity contribution in [1.29, 1.82) is 0 Å². The fraction of sp³-hybridized carbons (Fsp3) is 0.0588. The van der Waals surface area contributed by atoms with E-state index in [-0.39, 0.29) is 5.52 Å². The third-order valence-electron chi connectivity index (χ3n) is 3.67. The van der Waals surface area contributed by atoms with Gasteiger partial charge in [-0.1, -0.05) is 18.2 Å². The van der Waals surface area contributed by atoms with E-state index in [2.05, 4.69) is 15.0 Å². The van der Waals surface area contributed by atoms with E-state index >= 15 is 0 Å². The average Bonchev–Trinajstić information content (AvgIpc) is 3.21. The molecule has 4 aromatic rings. The Morgan fingerprint density at radius 1 is 0.960 bits per heavy atom. The summed E-state index contributed by atoms with van der Waals surface area (Å²) in [6.45, 7) is 0. The number of aromatic amines is 1. The molecule has 1 N–H and O–H groups in total. The lowest BCUT2D eigenvalue weighted by molar-refractivity contribution is -0.137. The fourth-order valence-corrected chi connectivity index (χ4v) is 3.25. The maximum atomic E-state index is 13.7. The van der Waals surface area contributed by atoms with Crippen LogP contribution in [0.5, 0.6) is 0 Å². The molecule has 0 aliphatic heterocycles. The lowest BCUT2D eigenvalue weighted by Gasteiger charge is -2.06. The summed E-state index contributed by atoms with van der Waals surface area (Å²) in [6, 6.07) is 9.40. The van der Waals surface area contributed by atoms with Crippen molar-refractivity contribution in [2.24, 2.45) is 0 Å². The lowest BCUT2D eigenvalue weighted by Crippen LogP contribution is -2.03. The molecule has 0 amide bonds. The minimum Gasteiger partial charge on any atom is -0.337 e. The van der Waals surface area contributed by atoms with Crippen LogP contribution in [-0.4, -0.2) is 15.0 Å². The lowest BCUT2D eigenvalue weighted by atomic mass is 10.1. The highest BCUT2D eigenvalue weighted by molar-refractivity contribution is 7.13. The van der Waals surface area contributed by atoms with Crippen molar-refractivity contribution in [3.63, 3.8) is 0 Å². The van der Waals surface area contributed by atoms with E-state index in [1.54, 1.807) is 17.5 Å². The van der Waals surface area contributed by atoms with E-state index in [1.165, 1.54) is 29.5 Å². The molecule has 0 aliphatic carbocycles. The minimum absolute atomic E-state index is 0.224. The summed E-state index contributed by atoms with van der Waals surface area (Å²) in [5.74, 6) is -0.0206. The Morgan fingerprint density at radius 2 is 1.72 bits per heavy atom. The van der Waals surface area contributed by atoms with Crippen LogP contribution in [0.2, 0.25) is 0 Å². The molecule has 0 fully saturated rings. The number of rotatable bonds is 2. The van der Waals surface area contributed by atoms with Gasteiger partial charge in [0.1, 0.15) is 16.2 Å². The van der Waals surface area contributed by atoms with Crippen LogP contribution in [0.25, 0.3) is 33.1 Å². The first-order valence-corrected chi connectivity index (χ1v) is 8.07. The molecule has 2 aromatic carbocycles. The molecule has 4 rings (SSSR count). The Kier molecular flexibility index (Phi) is 3.57. The van der Waals surface area contributed by atoms with Crippen molar-refractivity contribution < 1.29 is 17.6 Å². The predicted molar refractivity (Wildman–Crippen MR) is 87.6 cm³/mol. The molecular weight excluding hydrogens is 354 g/mol. The molecule has 2 heterocycles. The van der Waals surface area contributed by atoms with Gasteiger partial charge < -0.3 is 4.98 Å². The van der Waals surface area contributed by atoms with E-state index in [1.807, 2.05) is 0 Å². The van der Waals surface area contributed by atoms with E-state index in [0.29, 0.717) is 27.6 Å². The normalized spacial score (nSPS) is 12.0. The van der Waals surface area contributed by atoms with Crippen LogP contribution in [0.15, 0.2) is 47.8 Å². The van der Waals surface area contributed by atoms with E-state index in [0.717, 1.165) is 12.1 Å². The summed E-state index contributed by atoms with van der Waals surface area (Å²) in [5, 5.41) is 2.28. The van der Waals surface area contributed by atoms with Gasteiger partial charge in [-0.05, 0) is 24.3 Å². The third-order valence-corrected chi connectivity index (χ3v) is 4.56. The largest absolute Gasteiger partial charge is 0.416 e. The van der Waals surface area contributed by atoms with Gasteiger partial charge in [0, 0.05) is 10.9 Å². The van der Waals surface area contributed by atoms with Crippen LogP contribution in [0.1, 0.15) is 5.56 Å². The summed E-state index contributed by atoms with van der Waals surface area (Å²) in [6.07, 6.45) is -4.37. The second-order valence-corrected chi connectivity index (χ2v) is 6.19. The SMILES string of the molecule is Fc1cccc2[nH]c(-c3csc(-c4ccc(C(F)(F)F)cc4)n3)nc12. The topological polar surface area (TPSA) is 41.6 Å². The number of nitrogens with one attached hydrogen (secondary N) is 1. The summed E-state index contributed by atoms with van der Waals surface area (Å²) in [7, 11) is 0. The molecule has 25 heavy (non-hydrogen) atoms. The molecule has 0 saturated heterocycles. The zero-order valence-corrected chi connectivity index (χ0v) is 13.2. The molecule has 0 radical (unpaired) electrons. The summed E-state index contributed by atoms with van der Waals surface area (Å²) < 4.78 is 51.6. The van der Waals surface area contributed by atoms with Crippen molar-refractivity contribution in [2.45, 2.75) is 6.18 Å². The van der Waals surface area contributed by atoms with Gasteiger partial charge in [0.05, 0.1) is 11.1 Å². The number of H-pyrrole nitrogens is 1. The number of hydrogen-bond acceptors (Lipinski definition) is 3. The van der Waals surface area contributed by atoms with Gasteiger partial charge >= 0.3 is 6.18 Å². The first-order valence-electron chi connectivity index (χ1n) is 7.19. The van der Waals surface area contributed by atoms with Gasteiger partial charge in [-0.2, -0.15) is 13.2 Å². The zero-order chi connectivity index (χ0) is 17.6. The van der Waals surface area contributed by atoms with Crippen molar-refractivity contribution in [3.8, 4) is 22.1 Å². The Hall–Kier alpha value is -2.74. The highest BCUT2D eigenvalue weighted by Crippen LogP contribution is 2.33. The number of para-hydroxylation sites is 1. The smallest absolute Gasteiger partial charge is 0.337 e. The molecular formula is C17H9F4N3S. The Labute approximate surface area is 143 Å². The number of thiazole rings is 1. The molecule has 0 saturated carbocycles. The molecule has 0 atom stereocenters. The molecule has 2 aromatic heterocycles. The molecule has 0 aliphatic rings. The van der Waals surface area contributed by atoms with Crippen LogP contribution in [0, 0.1) is 5.82 Å². The van der Waals surface area contributed by atoms with Crippen LogP contribution in [-0.2, 0) is 6.18 Å². The first-order chi connectivity index (χ1) is 11.9. The number of fused-ring (bicyclic) bond motifs is 1. The minimum atomic E-state index is -4.37. The maximum Gasteiger partial charge on any atom is 0.416 e. The highest BCUT2D eigenvalue weighted by atomic mass is 32.1. The van der Waals surface area contributed by atoms with Crippen molar-refractivity contribution in [3.05, 3.63) is 59.2 Å². The standard InChI is InChI=1S/C17H9F4N3S/c18-11-2-1-3-12-14(11)24-15(22-12)13-8-25-16(23-13)9-4-6-10(7-5-9)17(19,20)21/h1-8H,(H,22,24). The molecule has 8 heteroatoms. The Bertz CT molecular complexity index is 1050. The predicted octanol–water partition coefficient (Wildman–Crippen LogP) is 5.51. The molecule has 126 valence electrons. The molecule has 3 nitrogen and oxygen atoms in total. The van der Waals surface area contributed by atoms with Crippen LogP contribution in [0.4, 0.5) is 17.6 Å². The quantitative estimate of drug-likeness (QED) is 0.477. The van der Waals surface area contributed by atoms with E-state index in [4.69, 9.17) is 0 Å². The van der Waals surface area contributed by atoms with Gasteiger partial charge in [0.25, 0.3) is 0 Å². The van der Waals surface area contributed by atoms with Gasteiger partial charge in [-0.3, -0.25) is 0 Å². The third kappa shape index (κ3) is 2.89. The number of hydrogen-bond donors (Lipinski definition) is 1. The number of aromatic nitrogens is 3. The Balaban J connectivity index is 1.68. The second-order valence-electron chi connectivity index (χ2n) is 5.33. The number of imidazole rings is 1. The van der Waals surface area contributed by atoms with Gasteiger partial charge in [-0.25, -0.2) is 14.4 Å². The monoisotopic (exact) mass is 363 g/mol. The summed E-state index contributed by atoms with van der Waals surface area (Å²) in [4.78, 5) is 11.6. The maximum absolute atomic E-state index is 13.7. The first kappa shape index (κ1) is 15.8. The second kappa shape index (κ2) is 5.66. The fourth-order valence-electron chi connectivity index (χ4n) is 2.44. The van der Waals surface area contributed by atoms with Crippen LogP contribution < -0.4 is 0 Å². The average molecular weight is 363 g/mol. The van der Waals surface area contributed by atoms with Crippen LogP contribution in [0.3, 0.4) is 0 Å². The zero-order valence-electron chi connectivity index (χ0n) is 12.4. The summed E-state index contributed by atoms with van der Waals surface area (Å²) >= 11 is 1.28. The van der Waals surface area contributed by atoms with E-state index in [9.17, 15) is 17.6 Å². The van der Waals surface area contributed by atoms with Crippen molar-refractivity contribution in [2.75, 3.05) is 0 Å². The molecule has 0 unspecified atom stereocenters. The number of alkyl halides is 3. The van der Waals surface area contributed by atoms with Crippen molar-refractivity contribution >= 4 is 22.4 Å². The van der Waals surface area contributed by atoms with Gasteiger partial charge in [0.15, 0.2) is 11.6 Å². The molecule has 0 spiro atoms. The highest BCUT2D eigenvalue weighted by Gasteiger charge is 2.30. The number of benzene rings is 2. The number of halogens is 4.